The molecule has 0 spiro atoms. The van der Waals surface area contributed by atoms with Crippen LogP contribution >= 0.6 is 0 Å². The molecule has 2 aliphatic heterocycles. The Kier molecular flexibility index (Phi) is 3.68. The number of urea groups is 1. The maximum atomic E-state index is 12.2. The third-order valence-corrected chi connectivity index (χ3v) is 4.31. The molecule has 2 aliphatic rings. The predicted octanol–water partition coefficient (Wildman–Crippen LogP) is 2.97. The number of hydrogen-bond acceptors (Lipinski definition) is 4. The third-order valence-electron chi connectivity index (χ3n) is 4.31. The first-order valence-corrected chi connectivity index (χ1v) is 7.97. The monoisotopic (exact) mass is 339 g/mol. The standard InChI is InChI=1S/C18H17N3O4/c1-21-14-5-3-12(8-11(14)2-7-17(21)22)19-18(23)20-13-4-6-15-16(9-13)25-10-24-15/h3-6,8-9H,2,7,10H2,1H3,(H2,19,20,23). The Morgan fingerprint density at radius 3 is 2.56 bits per heavy atom. The Hall–Kier alpha value is -3.22. The van der Waals surface area contributed by atoms with Crippen molar-refractivity contribution < 1.29 is 19.1 Å². The van der Waals surface area contributed by atoms with Gasteiger partial charge in [0.25, 0.3) is 0 Å². The largest absolute Gasteiger partial charge is 0.454 e. The van der Waals surface area contributed by atoms with Gasteiger partial charge in [0.2, 0.25) is 12.7 Å². The van der Waals surface area contributed by atoms with Crippen molar-refractivity contribution in [3.63, 3.8) is 0 Å². The Morgan fingerprint density at radius 1 is 1.00 bits per heavy atom. The normalized spacial score (nSPS) is 14.9. The number of aryl methyl sites for hydroxylation is 1. The number of carbonyl (C=O) groups is 2. The number of nitrogens with zero attached hydrogens (tertiary/aromatic N) is 1. The summed E-state index contributed by atoms with van der Waals surface area (Å²) in [4.78, 5) is 25.6. The third kappa shape index (κ3) is 2.96. The van der Waals surface area contributed by atoms with E-state index in [1.807, 2.05) is 12.1 Å². The minimum absolute atomic E-state index is 0.105. The van der Waals surface area contributed by atoms with Crippen molar-refractivity contribution in [3.05, 3.63) is 42.0 Å². The maximum Gasteiger partial charge on any atom is 0.323 e. The Bertz CT molecular complexity index is 865. The van der Waals surface area contributed by atoms with Crippen LogP contribution in [0.1, 0.15) is 12.0 Å². The summed E-state index contributed by atoms with van der Waals surface area (Å²) < 4.78 is 10.5. The van der Waals surface area contributed by atoms with Crippen molar-refractivity contribution in [1.29, 1.82) is 0 Å². The molecule has 0 aromatic heterocycles. The van der Waals surface area contributed by atoms with Crippen molar-refractivity contribution in [2.45, 2.75) is 12.8 Å². The van der Waals surface area contributed by atoms with E-state index >= 15 is 0 Å². The van der Waals surface area contributed by atoms with Gasteiger partial charge in [-0.3, -0.25) is 4.79 Å². The summed E-state index contributed by atoms with van der Waals surface area (Å²) in [5, 5.41) is 5.57. The molecule has 0 radical (unpaired) electrons. The molecule has 0 saturated heterocycles. The molecule has 0 fully saturated rings. The number of rotatable bonds is 2. The summed E-state index contributed by atoms with van der Waals surface area (Å²) in [7, 11) is 1.76. The lowest BCUT2D eigenvalue weighted by atomic mass is 10.0. The molecule has 0 aliphatic carbocycles. The molecule has 0 saturated carbocycles. The van der Waals surface area contributed by atoms with Gasteiger partial charge in [0.15, 0.2) is 11.5 Å². The van der Waals surface area contributed by atoms with E-state index < -0.39 is 0 Å². The molecule has 0 bridgehead atoms. The number of anilines is 3. The first-order valence-electron chi connectivity index (χ1n) is 7.97. The van der Waals surface area contributed by atoms with Gasteiger partial charge in [-0.2, -0.15) is 0 Å². The fraction of sp³-hybridized carbons (Fsp3) is 0.222. The Balaban J connectivity index is 1.45. The average molecular weight is 339 g/mol. The molecule has 7 nitrogen and oxygen atoms in total. The fourth-order valence-corrected chi connectivity index (χ4v) is 3.00. The second-order valence-corrected chi connectivity index (χ2v) is 5.94. The van der Waals surface area contributed by atoms with Gasteiger partial charge in [0.1, 0.15) is 0 Å². The lowest BCUT2D eigenvalue weighted by Crippen LogP contribution is -2.31. The number of fused-ring (bicyclic) bond motifs is 2. The van der Waals surface area contributed by atoms with Crippen LogP contribution in [0, 0.1) is 0 Å². The summed E-state index contributed by atoms with van der Waals surface area (Å²) in [6.45, 7) is 0.192. The molecule has 4 rings (SSSR count). The average Bonchev–Trinajstić information content (AvgIpc) is 3.06. The summed E-state index contributed by atoms with van der Waals surface area (Å²) in [6.07, 6.45) is 1.16. The molecule has 7 heteroatoms. The zero-order chi connectivity index (χ0) is 17.4. The molecule has 25 heavy (non-hydrogen) atoms. The second-order valence-electron chi connectivity index (χ2n) is 5.94. The Morgan fingerprint density at radius 2 is 1.72 bits per heavy atom. The highest BCUT2D eigenvalue weighted by atomic mass is 16.7. The smallest absolute Gasteiger partial charge is 0.323 e. The van der Waals surface area contributed by atoms with Crippen LogP contribution < -0.4 is 25.0 Å². The quantitative estimate of drug-likeness (QED) is 0.881. The zero-order valence-corrected chi connectivity index (χ0v) is 13.7. The van der Waals surface area contributed by atoms with Gasteiger partial charge in [0, 0.05) is 36.6 Å². The summed E-state index contributed by atoms with van der Waals surface area (Å²) in [5.41, 5.74) is 3.23. The topological polar surface area (TPSA) is 79.9 Å². The number of amides is 3. The zero-order valence-electron chi connectivity index (χ0n) is 13.7. The van der Waals surface area contributed by atoms with Gasteiger partial charge >= 0.3 is 6.03 Å². The molecule has 2 N–H and O–H groups in total. The fourth-order valence-electron chi connectivity index (χ4n) is 3.00. The van der Waals surface area contributed by atoms with Crippen LogP contribution in [0.25, 0.3) is 0 Å². The van der Waals surface area contributed by atoms with Gasteiger partial charge in [0.05, 0.1) is 0 Å². The molecule has 3 amide bonds. The summed E-state index contributed by atoms with van der Waals surface area (Å²) in [5.74, 6) is 1.38. The SMILES string of the molecule is CN1C(=O)CCc2cc(NC(=O)Nc3ccc4c(c3)OCO4)ccc21. The molecular formula is C18H17N3O4. The van der Waals surface area contributed by atoms with Gasteiger partial charge in [-0.1, -0.05) is 0 Å². The van der Waals surface area contributed by atoms with Gasteiger partial charge in [-0.15, -0.1) is 0 Å². The van der Waals surface area contributed by atoms with Crippen molar-refractivity contribution in [2.75, 3.05) is 29.4 Å². The molecular weight excluding hydrogens is 322 g/mol. The van der Waals surface area contributed by atoms with Crippen LogP contribution in [-0.4, -0.2) is 25.8 Å². The van der Waals surface area contributed by atoms with E-state index in [0.29, 0.717) is 35.7 Å². The molecule has 2 aromatic carbocycles. The molecule has 0 atom stereocenters. The highest BCUT2D eigenvalue weighted by Crippen LogP contribution is 2.34. The van der Waals surface area contributed by atoms with E-state index in [1.165, 1.54) is 0 Å². The van der Waals surface area contributed by atoms with Crippen molar-refractivity contribution in [3.8, 4) is 11.5 Å². The first kappa shape index (κ1) is 15.3. The van der Waals surface area contributed by atoms with Gasteiger partial charge in [-0.05, 0) is 42.3 Å². The van der Waals surface area contributed by atoms with Crippen LogP contribution in [0.2, 0.25) is 0 Å². The van der Waals surface area contributed by atoms with Crippen LogP contribution in [0.4, 0.5) is 21.9 Å². The van der Waals surface area contributed by atoms with E-state index in [1.54, 1.807) is 36.2 Å². The minimum Gasteiger partial charge on any atom is -0.454 e. The highest BCUT2D eigenvalue weighted by molar-refractivity contribution is 6.01. The van der Waals surface area contributed by atoms with Crippen LogP contribution in [0.15, 0.2) is 36.4 Å². The number of carbonyl (C=O) groups excluding carboxylic acids is 2. The van der Waals surface area contributed by atoms with Crippen LogP contribution in [0.3, 0.4) is 0 Å². The van der Waals surface area contributed by atoms with Crippen molar-refractivity contribution >= 4 is 29.0 Å². The molecule has 2 aromatic rings. The van der Waals surface area contributed by atoms with E-state index in [2.05, 4.69) is 10.6 Å². The minimum atomic E-state index is -0.348. The van der Waals surface area contributed by atoms with E-state index in [4.69, 9.17) is 9.47 Å². The van der Waals surface area contributed by atoms with Gasteiger partial charge < -0.3 is 25.0 Å². The van der Waals surface area contributed by atoms with Crippen LogP contribution in [0.5, 0.6) is 11.5 Å². The number of nitrogens with one attached hydrogen (secondary N) is 2. The predicted molar refractivity (Wildman–Crippen MR) is 93.4 cm³/mol. The van der Waals surface area contributed by atoms with Gasteiger partial charge in [-0.25, -0.2) is 4.79 Å². The summed E-state index contributed by atoms with van der Waals surface area (Å²) in [6, 6.07) is 10.4. The first-order chi connectivity index (χ1) is 12.1. The summed E-state index contributed by atoms with van der Waals surface area (Å²) >= 11 is 0. The lowest BCUT2D eigenvalue weighted by Gasteiger charge is -2.26. The number of hydrogen-bond donors (Lipinski definition) is 2. The Labute approximate surface area is 144 Å². The second kappa shape index (κ2) is 6.01. The maximum absolute atomic E-state index is 12.2. The van der Waals surface area contributed by atoms with E-state index in [0.717, 1.165) is 11.3 Å². The van der Waals surface area contributed by atoms with E-state index in [-0.39, 0.29) is 18.7 Å². The molecule has 0 unspecified atom stereocenters. The highest BCUT2D eigenvalue weighted by Gasteiger charge is 2.21. The number of benzene rings is 2. The lowest BCUT2D eigenvalue weighted by molar-refractivity contribution is -0.118. The number of ether oxygens (including phenoxy) is 2. The van der Waals surface area contributed by atoms with E-state index in [9.17, 15) is 9.59 Å². The van der Waals surface area contributed by atoms with Crippen LogP contribution in [-0.2, 0) is 11.2 Å². The molecule has 128 valence electrons. The van der Waals surface area contributed by atoms with Crippen molar-refractivity contribution in [1.82, 2.24) is 0 Å². The van der Waals surface area contributed by atoms with Crippen molar-refractivity contribution in [2.24, 2.45) is 0 Å². The molecule has 2 heterocycles.